The summed E-state index contributed by atoms with van der Waals surface area (Å²) >= 11 is 0. The molecule has 1 unspecified atom stereocenters. The van der Waals surface area contributed by atoms with Crippen LogP contribution in [0.2, 0.25) is 0 Å². The van der Waals surface area contributed by atoms with E-state index in [-0.39, 0.29) is 0 Å². The molecule has 1 amide bonds. The van der Waals surface area contributed by atoms with E-state index >= 15 is 0 Å². The fraction of sp³-hybridized carbons (Fsp3) is 0.467. The van der Waals surface area contributed by atoms with Gasteiger partial charge in [0.1, 0.15) is 5.92 Å². The molecule has 4 nitrogen and oxygen atoms in total. The summed E-state index contributed by atoms with van der Waals surface area (Å²) in [5, 5.41) is 11.6. The van der Waals surface area contributed by atoms with Crippen LogP contribution >= 0.6 is 0 Å². The fourth-order valence-electron chi connectivity index (χ4n) is 1.72. The van der Waals surface area contributed by atoms with Gasteiger partial charge in [0.2, 0.25) is 5.91 Å². The molecule has 0 bridgehead atoms. The normalized spacial score (nSPS) is 12.8. The number of hydrogen-bond acceptors (Lipinski definition) is 2. The second-order valence-corrected chi connectivity index (χ2v) is 5.42. The van der Waals surface area contributed by atoms with E-state index in [2.05, 4.69) is 5.32 Å². The molecule has 1 atom stereocenters. The van der Waals surface area contributed by atoms with E-state index in [9.17, 15) is 9.59 Å². The second kappa shape index (κ2) is 6.36. The minimum Gasteiger partial charge on any atom is -0.481 e. The number of hydrogen-bond donors (Lipinski definition) is 2. The summed E-state index contributed by atoms with van der Waals surface area (Å²) in [6.07, 6.45) is 1.60. The quantitative estimate of drug-likeness (QED) is 0.773. The molecule has 0 aliphatic heterocycles. The third-order valence-electron chi connectivity index (χ3n) is 3.11. The van der Waals surface area contributed by atoms with Crippen molar-refractivity contribution in [3.63, 3.8) is 0 Å². The maximum Gasteiger partial charge on any atom is 0.315 e. The Balaban J connectivity index is 2.52. The molecule has 19 heavy (non-hydrogen) atoms. The smallest absolute Gasteiger partial charge is 0.315 e. The van der Waals surface area contributed by atoms with Gasteiger partial charge in [-0.05, 0) is 39.2 Å². The van der Waals surface area contributed by atoms with Gasteiger partial charge in [0.25, 0.3) is 0 Å². The number of carboxylic acids is 1. The lowest BCUT2D eigenvalue weighted by Crippen LogP contribution is -2.47. The Kier molecular flexibility index (Phi) is 5.10. The Morgan fingerprint density at radius 2 is 1.84 bits per heavy atom. The molecule has 0 aromatic heterocycles. The van der Waals surface area contributed by atoms with Crippen molar-refractivity contribution in [1.29, 1.82) is 0 Å². The highest BCUT2D eigenvalue weighted by atomic mass is 16.4. The van der Waals surface area contributed by atoms with Gasteiger partial charge in [-0.1, -0.05) is 30.3 Å². The lowest BCUT2D eigenvalue weighted by molar-refractivity contribution is -0.146. The summed E-state index contributed by atoms with van der Waals surface area (Å²) in [6.45, 7) is 5.20. The van der Waals surface area contributed by atoms with E-state index in [4.69, 9.17) is 5.11 Å². The molecule has 0 radical (unpaired) electrons. The molecule has 0 aliphatic rings. The number of nitrogens with one attached hydrogen (secondary N) is 1. The zero-order valence-corrected chi connectivity index (χ0v) is 11.6. The standard InChI is InChI=1S/C15H21NO3/c1-11(14(18)19)13(17)16-15(2,3)10-9-12-7-5-4-6-8-12/h4-8,11H,9-10H2,1-3H3,(H,16,17)(H,18,19). The monoisotopic (exact) mass is 263 g/mol. The highest BCUT2D eigenvalue weighted by Crippen LogP contribution is 2.14. The molecule has 1 aromatic carbocycles. The van der Waals surface area contributed by atoms with Crippen molar-refractivity contribution in [3.05, 3.63) is 35.9 Å². The molecule has 1 aromatic rings. The van der Waals surface area contributed by atoms with E-state index in [1.807, 2.05) is 44.2 Å². The van der Waals surface area contributed by atoms with Crippen molar-refractivity contribution < 1.29 is 14.7 Å². The molecular formula is C15H21NO3. The van der Waals surface area contributed by atoms with Gasteiger partial charge in [-0.3, -0.25) is 9.59 Å². The SMILES string of the molecule is CC(C(=O)O)C(=O)NC(C)(C)CCc1ccccc1. The minimum atomic E-state index is -1.10. The number of aryl methyl sites for hydroxylation is 1. The van der Waals surface area contributed by atoms with Gasteiger partial charge in [0.05, 0.1) is 0 Å². The third-order valence-corrected chi connectivity index (χ3v) is 3.11. The molecule has 2 N–H and O–H groups in total. The van der Waals surface area contributed by atoms with Crippen LogP contribution in [0.1, 0.15) is 32.8 Å². The topological polar surface area (TPSA) is 66.4 Å². The first-order valence-corrected chi connectivity index (χ1v) is 6.40. The van der Waals surface area contributed by atoms with Gasteiger partial charge in [0, 0.05) is 5.54 Å². The molecule has 104 valence electrons. The Morgan fingerprint density at radius 3 is 2.37 bits per heavy atom. The first-order chi connectivity index (χ1) is 8.82. The second-order valence-electron chi connectivity index (χ2n) is 5.42. The van der Waals surface area contributed by atoms with Gasteiger partial charge >= 0.3 is 5.97 Å². The summed E-state index contributed by atoms with van der Waals surface area (Å²) in [5.41, 5.74) is 0.785. The maximum atomic E-state index is 11.7. The predicted molar refractivity (Wildman–Crippen MR) is 73.8 cm³/mol. The lowest BCUT2D eigenvalue weighted by atomic mass is 9.94. The first-order valence-electron chi connectivity index (χ1n) is 6.40. The van der Waals surface area contributed by atoms with Gasteiger partial charge in [-0.2, -0.15) is 0 Å². The molecule has 0 saturated carbocycles. The predicted octanol–water partition coefficient (Wildman–Crippen LogP) is 2.23. The number of amides is 1. The van der Waals surface area contributed by atoms with Crippen LogP contribution in [-0.2, 0) is 16.0 Å². The van der Waals surface area contributed by atoms with Crippen LogP contribution in [0.15, 0.2) is 30.3 Å². The Labute approximate surface area is 113 Å². The van der Waals surface area contributed by atoms with Crippen molar-refractivity contribution >= 4 is 11.9 Å². The number of aliphatic carboxylic acids is 1. The van der Waals surface area contributed by atoms with Gasteiger partial charge in [-0.25, -0.2) is 0 Å². The lowest BCUT2D eigenvalue weighted by Gasteiger charge is -2.27. The van der Waals surface area contributed by atoms with Crippen molar-refractivity contribution in [2.75, 3.05) is 0 Å². The molecule has 4 heteroatoms. The molecule has 0 heterocycles. The van der Waals surface area contributed by atoms with E-state index < -0.39 is 23.3 Å². The number of carboxylic acid groups (broad SMARTS) is 1. The molecule has 0 aliphatic carbocycles. The number of benzene rings is 1. The van der Waals surface area contributed by atoms with Crippen molar-refractivity contribution in [3.8, 4) is 0 Å². The van der Waals surface area contributed by atoms with E-state index in [1.165, 1.54) is 12.5 Å². The first kappa shape index (κ1) is 15.2. The zero-order chi connectivity index (χ0) is 14.5. The Morgan fingerprint density at radius 1 is 1.26 bits per heavy atom. The minimum absolute atomic E-state index is 0.420. The van der Waals surface area contributed by atoms with Gasteiger partial charge < -0.3 is 10.4 Å². The molecular weight excluding hydrogens is 242 g/mol. The number of carbonyl (C=O) groups excluding carboxylic acids is 1. The van der Waals surface area contributed by atoms with E-state index in [1.54, 1.807) is 0 Å². The summed E-state index contributed by atoms with van der Waals surface area (Å²) < 4.78 is 0. The van der Waals surface area contributed by atoms with Crippen LogP contribution in [0, 0.1) is 5.92 Å². The maximum absolute atomic E-state index is 11.7. The van der Waals surface area contributed by atoms with E-state index in [0.717, 1.165) is 12.8 Å². The molecule has 0 fully saturated rings. The largest absolute Gasteiger partial charge is 0.481 e. The number of carbonyl (C=O) groups is 2. The highest BCUT2D eigenvalue weighted by Gasteiger charge is 2.26. The molecule has 1 rings (SSSR count). The summed E-state index contributed by atoms with van der Waals surface area (Å²) in [5.74, 6) is -2.56. The average Bonchev–Trinajstić information content (AvgIpc) is 2.36. The average molecular weight is 263 g/mol. The van der Waals surface area contributed by atoms with Crippen molar-refractivity contribution in [2.24, 2.45) is 5.92 Å². The van der Waals surface area contributed by atoms with Crippen LogP contribution in [0.4, 0.5) is 0 Å². The Bertz CT molecular complexity index is 440. The highest BCUT2D eigenvalue weighted by molar-refractivity contribution is 5.96. The Hall–Kier alpha value is -1.84. The van der Waals surface area contributed by atoms with Gasteiger partial charge in [0.15, 0.2) is 0 Å². The third kappa shape index (κ3) is 5.12. The summed E-state index contributed by atoms with van der Waals surface area (Å²) in [4.78, 5) is 22.5. The fourth-order valence-corrected chi connectivity index (χ4v) is 1.72. The summed E-state index contributed by atoms with van der Waals surface area (Å²) in [7, 11) is 0. The van der Waals surface area contributed by atoms with Crippen LogP contribution in [0.3, 0.4) is 0 Å². The van der Waals surface area contributed by atoms with Crippen molar-refractivity contribution in [2.45, 2.75) is 39.2 Å². The number of rotatable bonds is 6. The molecule has 0 spiro atoms. The van der Waals surface area contributed by atoms with Crippen LogP contribution in [-0.4, -0.2) is 22.5 Å². The molecule has 0 saturated heterocycles. The van der Waals surface area contributed by atoms with Crippen LogP contribution in [0.25, 0.3) is 0 Å². The van der Waals surface area contributed by atoms with Gasteiger partial charge in [-0.15, -0.1) is 0 Å². The van der Waals surface area contributed by atoms with E-state index in [0.29, 0.717) is 0 Å². The van der Waals surface area contributed by atoms with Crippen molar-refractivity contribution in [1.82, 2.24) is 5.32 Å². The van der Waals surface area contributed by atoms with Crippen LogP contribution < -0.4 is 5.32 Å². The zero-order valence-electron chi connectivity index (χ0n) is 11.6. The van der Waals surface area contributed by atoms with Crippen LogP contribution in [0.5, 0.6) is 0 Å². The summed E-state index contributed by atoms with van der Waals surface area (Å²) in [6, 6.07) is 10.0.